The third kappa shape index (κ3) is 2.96. The summed E-state index contributed by atoms with van der Waals surface area (Å²) >= 11 is 6.20. The maximum atomic E-state index is 13.1. The van der Waals surface area contributed by atoms with Crippen molar-refractivity contribution in [3.8, 4) is 23.0 Å². The van der Waals surface area contributed by atoms with Crippen LogP contribution in [0, 0.1) is 5.82 Å². The lowest BCUT2D eigenvalue weighted by Crippen LogP contribution is -2.22. The summed E-state index contributed by atoms with van der Waals surface area (Å²) < 4.78 is 26.2. The Morgan fingerprint density at radius 1 is 1.11 bits per heavy atom. The van der Waals surface area contributed by atoms with Crippen LogP contribution in [0.3, 0.4) is 0 Å². The van der Waals surface area contributed by atoms with Crippen molar-refractivity contribution in [2.45, 2.75) is 19.3 Å². The maximum Gasteiger partial charge on any atom is 0.280 e. The summed E-state index contributed by atoms with van der Waals surface area (Å²) in [7, 11) is 0. The predicted octanol–water partition coefficient (Wildman–Crippen LogP) is 4.06. The van der Waals surface area contributed by atoms with Gasteiger partial charge >= 0.3 is 0 Å². The van der Waals surface area contributed by atoms with Crippen LogP contribution < -0.4 is 0 Å². The normalized spacial score (nSPS) is 16.1. The molecule has 0 saturated heterocycles. The molecule has 7 nitrogen and oxygen atoms in total. The van der Waals surface area contributed by atoms with Gasteiger partial charge in [0.25, 0.3) is 5.89 Å². The SMILES string of the molecule is Fc1ccc([C@@H]2Cn3nnc(-c4nc(-c5ccccc5Cl)no4)c3CO2)cc1. The monoisotopic (exact) mass is 397 g/mol. The van der Waals surface area contributed by atoms with Crippen LogP contribution in [-0.2, 0) is 17.9 Å². The fraction of sp³-hybridized carbons (Fsp3) is 0.158. The van der Waals surface area contributed by atoms with Gasteiger partial charge in [-0.15, -0.1) is 5.10 Å². The molecule has 0 saturated carbocycles. The number of rotatable bonds is 3. The fourth-order valence-electron chi connectivity index (χ4n) is 3.13. The fourth-order valence-corrected chi connectivity index (χ4v) is 3.35. The quantitative estimate of drug-likeness (QED) is 0.518. The summed E-state index contributed by atoms with van der Waals surface area (Å²) in [5.74, 6) is 0.345. The van der Waals surface area contributed by atoms with Gasteiger partial charge in [-0.1, -0.05) is 46.2 Å². The van der Waals surface area contributed by atoms with Gasteiger partial charge in [0.15, 0.2) is 5.69 Å². The van der Waals surface area contributed by atoms with Crippen LogP contribution in [0.25, 0.3) is 23.0 Å². The summed E-state index contributed by atoms with van der Waals surface area (Å²) in [6.45, 7) is 0.730. The van der Waals surface area contributed by atoms with Crippen molar-refractivity contribution in [3.63, 3.8) is 0 Å². The van der Waals surface area contributed by atoms with Crippen LogP contribution in [0.1, 0.15) is 17.4 Å². The number of aromatic nitrogens is 5. The topological polar surface area (TPSA) is 78.9 Å². The molecule has 28 heavy (non-hydrogen) atoms. The molecular formula is C19H13ClFN5O2. The van der Waals surface area contributed by atoms with E-state index in [2.05, 4.69) is 20.5 Å². The van der Waals surface area contributed by atoms with Gasteiger partial charge in [0, 0.05) is 5.56 Å². The second-order valence-electron chi connectivity index (χ2n) is 6.32. The first-order chi connectivity index (χ1) is 13.7. The van der Waals surface area contributed by atoms with Gasteiger partial charge in [0.05, 0.1) is 23.9 Å². The van der Waals surface area contributed by atoms with Crippen molar-refractivity contribution in [2.75, 3.05) is 0 Å². The summed E-state index contributed by atoms with van der Waals surface area (Å²) in [6.07, 6.45) is -0.232. The second-order valence-corrected chi connectivity index (χ2v) is 6.73. The average Bonchev–Trinajstić information content (AvgIpc) is 3.35. The van der Waals surface area contributed by atoms with Crippen molar-refractivity contribution in [1.29, 1.82) is 0 Å². The second kappa shape index (κ2) is 6.81. The van der Waals surface area contributed by atoms with E-state index in [0.29, 0.717) is 28.6 Å². The summed E-state index contributed by atoms with van der Waals surface area (Å²) in [6, 6.07) is 13.5. The van der Waals surface area contributed by atoms with Gasteiger partial charge in [-0.05, 0) is 29.8 Å². The minimum atomic E-state index is -0.283. The molecule has 0 amide bonds. The predicted molar refractivity (Wildman–Crippen MR) is 97.7 cm³/mol. The number of fused-ring (bicyclic) bond motifs is 1. The van der Waals surface area contributed by atoms with Crippen molar-refractivity contribution < 1.29 is 13.7 Å². The first-order valence-electron chi connectivity index (χ1n) is 8.57. The van der Waals surface area contributed by atoms with Crippen LogP contribution in [0.15, 0.2) is 53.1 Å². The number of benzene rings is 2. The lowest BCUT2D eigenvalue weighted by molar-refractivity contribution is -0.00120. The van der Waals surface area contributed by atoms with Crippen molar-refractivity contribution >= 4 is 11.6 Å². The molecule has 0 spiro atoms. The van der Waals surface area contributed by atoms with Gasteiger partial charge in [-0.2, -0.15) is 4.98 Å². The molecule has 1 aliphatic rings. The van der Waals surface area contributed by atoms with Crippen molar-refractivity contribution in [3.05, 3.63) is 70.6 Å². The van der Waals surface area contributed by atoms with Gasteiger partial charge in [0.2, 0.25) is 5.82 Å². The molecule has 140 valence electrons. The summed E-state index contributed by atoms with van der Waals surface area (Å²) in [5, 5.41) is 12.9. The van der Waals surface area contributed by atoms with Crippen molar-refractivity contribution in [1.82, 2.24) is 25.1 Å². The molecule has 0 radical (unpaired) electrons. The summed E-state index contributed by atoms with van der Waals surface area (Å²) in [5.41, 5.74) is 2.77. The van der Waals surface area contributed by atoms with E-state index in [9.17, 15) is 4.39 Å². The van der Waals surface area contributed by atoms with E-state index in [0.717, 1.165) is 11.3 Å². The Hall–Kier alpha value is -3.10. The van der Waals surface area contributed by atoms with Crippen LogP contribution in [0.5, 0.6) is 0 Å². The maximum absolute atomic E-state index is 13.1. The van der Waals surface area contributed by atoms with Crippen LogP contribution in [0.4, 0.5) is 4.39 Å². The van der Waals surface area contributed by atoms with Gasteiger partial charge in [-0.3, -0.25) is 0 Å². The van der Waals surface area contributed by atoms with Gasteiger partial charge < -0.3 is 9.26 Å². The Bertz CT molecular complexity index is 1140. The van der Waals surface area contributed by atoms with Gasteiger partial charge in [0.1, 0.15) is 11.9 Å². The minimum Gasteiger partial charge on any atom is -0.365 e. The molecule has 9 heteroatoms. The highest BCUT2D eigenvalue weighted by molar-refractivity contribution is 6.33. The van der Waals surface area contributed by atoms with Crippen LogP contribution in [-0.4, -0.2) is 25.1 Å². The lowest BCUT2D eigenvalue weighted by atomic mass is 10.1. The average molecular weight is 398 g/mol. The Morgan fingerprint density at radius 2 is 1.93 bits per heavy atom. The number of halogens is 2. The molecule has 2 aromatic heterocycles. The van der Waals surface area contributed by atoms with Crippen molar-refractivity contribution in [2.24, 2.45) is 0 Å². The van der Waals surface area contributed by atoms with E-state index in [1.54, 1.807) is 22.9 Å². The Balaban J connectivity index is 1.43. The smallest absolute Gasteiger partial charge is 0.280 e. The number of hydrogen-bond acceptors (Lipinski definition) is 6. The van der Waals surface area contributed by atoms with E-state index >= 15 is 0 Å². The Kier molecular flexibility index (Phi) is 4.14. The van der Waals surface area contributed by atoms with Gasteiger partial charge in [-0.25, -0.2) is 9.07 Å². The lowest BCUT2D eigenvalue weighted by Gasteiger charge is -2.24. The molecule has 0 N–H and O–H groups in total. The first-order valence-corrected chi connectivity index (χ1v) is 8.95. The molecule has 2 aromatic carbocycles. The molecule has 0 aliphatic carbocycles. The zero-order chi connectivity index (χ0) is 19.1. The zero-order valence-electron chi connectivity index (χ0n) is 14.4. The van der Waals surface area contributed by atoms with E-state index < -0.39 is 0 Å². The molecule has 1 aliphatic heterocycles. The third-order valence-electron chi connectivity index (χ3n) is 4.58. The third-order valence-corrected chi connectivity index (χ3v) is 4.91. The standard InChI is InChI=1S/C19H13ClFN5O2/c20-14-4-2-1-3-13(14)18-22-19(28-24-18)17-15-10-27-16(9-26(15)25-23-17)11-5-7-12(21)8-6-11/h1-8,16H,9-10H2/t16-/m0/s1. The molecule has 1 atom stereocenters. The molecule has 0 bridgehead atoms. The highest BCUT2D eigenvalue weighted by atomic mass is 35.5. The summed E-state index contributed by atoms with van der Waals surface area (Å²) in [4.78, 5) is 4.40. The first kappa shape index (κ1) is 17.0. The highest BCUT2D eigenvalue weighted by Crippen LogP contribution is 2.32. The minimum absolute atomic E-state index is 0.232. The molecule has 3 heterocycles. The van der Waals surface area contributed by atoms with E-state index in [4.69, 9.17) is 20.9 Å². The Labute approximate surface area is 163 Å². The van der Waals surface area contributed by atoms with E-state index in [1.165, 1.54) is 12.1 Å². The molecule has 4 aromatic rings. The highest BCUT2D eigenvalue weighted by Gasteiger charge is 2.28. The number of nitrogens with zero attached hydrogens (tertiary/aromatic N) is 5. The largest absolute Gasteiger partial charge is 0.365 e. The number of ether oxygens (including phenoxy) is 1. The Morgan fingerprint density at radius 3 is 2.75 bits per heavy atom. The zero-order valence-corrected chi connectivity index (χ0v) is 15.2. The van der Waals surface area contributed by atoms with Crippen LogP contribution in [0.2, 0.25) is 5.02 Å². The molecule has 0 unspecified atom stereocenters. The molecule has 0 fully saturated rings. The van der Waals surface area contributed by atoms with Crippen LogP contribution >= 0.6 is 11.6 Å². The van der Waals surface area contributed by atoms with E-state index in [1.807, 2.05) is 18.2 Å². The van der Waals surface area contributed by atoms with E-state index in [-0.39, 0.29) is 24.4 Å². The molecular weight excluding hydrogens is 385 g/mol. The number of hydrogen-bond donors (Lipinski definition) is 0. The molecule has 5 rings (SSSR count).